The third-order valence-electron chi connectivity index (χ3n) is 4.09. The summed E-state index contributed by atoms with van der Waals surface area (Å²) in [5, 5.41) is 17.0. The van der Waals surface area contributed by atoms with E-state index < -0.39 is 6.10 Å². The SMILES string of the molecule is CCCc1cc(C(=O)N[C@@H]2CC[C@@H](n3ccnc3)[C@@H]2O)no1. The van der Waals surface area contributed by atoms with Crippen LogP contribution in [0.25, 0.3) is 0 Å². The molecule has 1 amide bonds. The third-order valence-corrected chi connectivity index (χ3v) is 4.09. The van der Waals surface area contributed by atoms with Gasteiger partial charge in [-0.2, -0.15) is 0 Å². The average Bonchev–Trinajstić information content (AvgIpc) is 3.21. The largest absolute Gasteiger partial charge is 0.389 e. The highest BCUT2D eigenvalue weighted by atomic mass is 16.5. The number of aryl methyl sites for hydroxylation is 1. The van der Waals surface area contributed by atoms with Crippen LogP contribution in [-0.2, 0) is 6.42 Å². The Hall–Kier alpha value is -2.15. The lowest BCUT2D eigenvalue weighted by atomic mass is 10.1. The first kappa shape index (κ1) is 14.8. The Morgan fingerprint density at radius 1 is 1.55 bits per heavy atom. The topological polar surface area (TPSA) is 93.2 Å². The summed E-state index contributed by atoms with van der Waals surface area (Å²) >= 11 is 0. The molecular formula is C15H20N4O3. The molecule has 2 N–H and O–H groups in total. The molecule has 2 aromatic rings. The molecule has 22 heavy (non-hydrogen) atoms. The minimum Gasteiger partial charge on any atom is -0.389 e. The number of carbonyl (C=O) groups excluding carboxylic acids is 1. The number of aliphatic hydroxyl groups is 1. The fraction of sp³-hybridized carbons (Fsp3) is 0.533. The first-order valence-corrected chi connectivity index (χ1v) is 7.61. The van der Waals surface area contributed by atoms with Crippen LogP contribution in [0, 0.1) is 0 Å². The van der Waals surface area contributed by atoms with Crippen LogP contribution in [0.4, 0.5) is 0 Å². The Bertz CT molecular complexity index is 623. The summed E-state index contributed by atoms with van der Waals surface area (Å²) in [7, 11) is 0. The average molecular weight is 304 g/mol. The maximum Gasteiger partial charge on any atom is 0.273 e. The summed E-state index contributed by atoms with van der Waals surface area (Å²) in [6, 6.07) is 1.32. The molecule has 0 radical (unpaired) electrons. The van der Waals surface area contributed by atoms with Gasteiger partial charge in [-0.3, -0.25) is 4.79 Å². The quantitative estimate of drug-likeness (QED) is 0.869. The van der Waals surface area contributed by atoms with Crippen molar-refractivity contribution in [3.05, 3.63) is 36.2 Å². The number of carbonyl (C=O) groups is 1. The van der Waals surface area contributed by atoms with E-state index in [4.69, 9.17) is 4.52 Å². The van der Waals surface area contributed by atoms with Crippen molar-refractivity contribution in [1.82, 2.24) is 20.0 Å². The van der Waals surface area contributed by atoms with Crippen molar-refractivity contribution in [2.45, 2.75) is 50.8 Å². The van der Waals surface area contributed by atoms with Gasteiger partial charge in [0, 0.05) is 24.9 Å². The van der Waals surface area contributed by atoms with Gasteiger partial charge in [0.25, 0.3) is 5.91 Å². The van der Waals surface area contributed by atoms with Crippen molar-refractivity contribution in [1.29, 1.82) is 0 Å². The van der Waals surface area contributed by atoms with Crippen molar-refractivity contribution in [3.63, 3.8) is 0 Å². The van der Waals surface area contributed by atoms with E-state index in [1.165, 1.54) is 0 Å². The smallest absolute Gasteiger partial charge is 0.273 e. The summed E-state index contributed by atoms with van der Waals surface area (Å²) in [4.78, 5) is 16.2. The van der Waals surface area contributed by atoms with E-state index >= 15 is 0 Å². The van der Waals surface area contributed by atoms with Gasteiger partial charge in [0.2, 0.25) is 0 Å². The molecule has 2 aromatic heterocycles. The van der Waals surface area contributed by atoms with Crippen LogP contribution in [-0.4, -0.2) is 37.9 Å². The minimum absolute atomic E-state index is 0.0549. The molecule has 3 atom stereocenters. The van der Waals surface area contributed by atoms with Crippen LogP contribution in [0.3, 0.4) is 0 Å². The number of imidazole rings is 1. The van der Waals surface area contributed by atoms with E-state index in [9.17, 15) is 9.90 Å². The van der Waals surface area contributed by atoms with E-state index in [0.717, 1.165) is 25.7 Å². The molecule has 1 fully saturated rings. The molecule has 1 saturated carbocycles. The predicted octanol–water partition coefficient (Wildman–Crippen LogP) is 1.32. The maximum absolute atomic E-state index is 12.2. The molecule has 7 heteroatoms. The zero-order valence-corrected chi connectivity index (χ0v) is 12.5. The first-order valence-electron chi connectivity index (χ1n) is 7.61. The van der Waals surface area contributed by atoms with E-state index in [1.807, 2.05) is 17.7 Å². The Labute approximate surface area is 128 Å². The molecule has 1 aliphatic carbocycles. The number of aliphatic hydroxyl groups excluding tert-OH is 1. The summed E-state index contributed by atoms with van der Waals surface area (Å²) < 4.78 is 6.99. The minimum atomic E-state index is -0.639. The maximum atomic E-state index is 12.2. The van der Waals surface area contributed by atoms with E-state index in [1.54, 1.807) is 18.6 Å². The van der Waals surface area contributed by atoms with Crippen molar-refractivity contribution >= 4 is 5.91 Å². The van der Waals surface area contributed by atoms with Gasteiger partial charge in [-0.15, -0.1) is 0 Å². The van der Waals surface area contributed by atoms with Crippen molar-refractivity contribution in [3.8, 4) is 0 Å². The van der Waals surface area contributed by atoms with Gasteiger partial charge in [0.15, 0.2) is 5.69 Å². The number of amides is 1. The van der Waals surface area contributed by atoms with Crippen molar-refractivity contribution in [2.24, 2.45) is 0 Å². The van der Waals surface area contributed by atoms with Gasteiger partial charge < -0.3 is 19.5 Å². The van der Waals surface area contributed by atoms with Gasteiger partial charge in [-0.25, -0.2) is 4.98 Å². The summed E-state index contributed by atoms with van der Waals surface area (Å²) in [6.45, 7) is 2.04. The first-order chi connectivity index (χ1) is 10.7. The normalized spacial score (nSPS) is 24.5. The van der Waals surface area contributed by atoms with Crippen LogP contribution >= 0.6 is 0 Å². The molecule has 0 aromatic carbocycles. The van der Waals surface area contributed by atoms with E-state index in [0.29, 0.717) is 5.76 Å². The lowest BCUT2D eigenvalue weighted by Gasteiger charge is -2.21. The highest BCUT2D eigenvalue weighted by Gasteiger charge is 2.36. The number of nitrogens with one attached hydrogen (secondary N) is 1. The zero-order valence-electron chi connectivity index (χ0n) is 12.5. The fourth-order valence-electron chi connectivity index (χ4n) is 2.94. The number of hydrogen-bond donors (Lipinski definition) is 2. The van der Waals surface area contributed by atoms with Crippen LogP contribution in [0.2, 0.25) is 0 Å². The second-order valence-corrected chi connectivity index (χ2v) is 5.65. The molecule has 2 heterocycles. The second kappa shape index (κ2) is 6.31. The van der Waals surface area contributed by atoms with Crippen molar-refractivity contribution < 1.29 is 14.4 Å². The van der Waals surface area contributed by atoms with E-state index in [2.05, 4.69) is 15.5 Å². The highest BCUT2D eigenvalue weighted by Crippen LogP contribution is 2.30. The van der Waals surface area contributed by atoms with Crippen LogP contribution in [0.1, 0.15) is 48.5 Å². The van der Waals surface area contributed by atoms with E-state index in [-0.39, 0.29) is 23.7 Å². The molecule has 118 valence electrons. The van der Waals surface area contributed by atoms with Crippen molar-refractivity contribution in [2.75, 3.05) is 0 Å². The summed E-state index contributed by atoms with van der Waals surface area (Å²) in [5.41, 5.74) is 0.265. The molecule has 3 rings (SSSR count). The van der Waals surface area contributed by atoms with Crippen LogP contribution < -0.4 is 5.32 Å². The Morgan fingerprint density at radius 2 is 2.41 bits per heavy atom. The lowest BCUT2D eigenvalue weighted by Crippen LogP contribution is -2.42. The highest BCUT2D eigenvalue weighted by molar-refractivity contribution is 5.92. The molecule has 0 bridgehead atoms. The fourth-order valence-corrected chi connectivity index (χ4v) is 2.94. The molecule has 1 aliphatic rings. The van der Waals surface area contributed by atoms with Gasteiger partial charge in [0.05, 0.1) is 24.5 Å². The number of aromatic nitrogens is 3. The standard InChI is InChI=1S/C15H20N4O3/c1-2-3-10-8-12(18-22-10)15(21)17-11-4-5-13(14(11)20)19-7-6-16-9-19/h6-9,11,13-14,20H,2-5H2,1H3,(H,17,21)/t11-,13-,14-/m1/s1. The van der Waals surface area contributed by atoms with Gasteiger partial charge in [-0.1, -0.05) is 12.1 Å². The molecule has 0 unspecified atom stereocenters. The van der Waals surface area contributed by atoms with Gasteiger partial charge >= 0.3 is 0 Å². The number of nitrogens with zero attached hydrogens (tertiary/aromatic N) is 3. The number of rotatable bonds is 5. The summed E-state index contributed by atoms with van der Waals surface area (Å²) in [6.07, 6.45) is 7.76. The molecule has 0 spiro atoms. The predicted molar refractivity (Wildman–Crippen MR) is 78.3 cm³/mol. The number of hydrogen-bond acceptors (Lipinski definition) is 5. The second-order valence-electron chi connectivity index (χ2n) is 5.65. The van der Waals surface area contributed by atoms with Gasteiger partial charge in [0.1, 0.15) is 5.76 Å². The molecule has 7 nitrogen and oxygen atoms in total. The lowest BCUT2D eigenvalue weighted by molar-refractivity contribution is 0.0806. The zero-order chi connectivity index (χ0) is 15.5. The Morgan fingerprint density at radius 3 is 3.14 bits per heavy atom. The van der Waals surface area contributed by atoms with Crippen LogP contribution in [0.5, 0.6) is 0 Å². The molecule has 0 saturated heterocycles. The van der Waals surface area contributed by atoms with Gasteiger partial charge in [-0.05, 0) is 19.3 Å². The Kier molecular flexibility index (Phi) is 4.24. The third kappa shape index (κ3) is 2.89. The summed E-state index contributed by atoms with van der Waals surface area (Å²) in [5.74, 6) is 0.400. The molecular weight excluding hydrogens is 284 g/mol. The monoisotopic (exact) mass is 304 g/mol. The Balaban J connectivity index is 1.62. The molecule has 0 aliphatic heterocycles. The van der Waals surface area contributed by atoms with Crippen LogP contribution in [0.15, 0.2) is 29.3 Å².